The number of rotatable bonds is 3. The van der Waals surface area contributed by atoms with Crippen LogP contribution in [0.5, 0.6) is 0 Å². The van der Waals surface area contributed by atoms with Crippen molar-refractivity contribution in [3.63, 3.8) is 0 Å². The molecule has 9 heavy (non-hydrogen) atoms. The van der Waals surface area contributed by atoms with Gasteiger partial charge in [0.1, 0.15) is 6.04 Å². The van der Waals surface area contributed by atoms with E-state index in [1.807, 2.05) is 0 Å². The van der Waals surface area contributed by atoms with E-state index in [2.05, 4.69) is 0 Å². The van der Waals surface area contributed by atoms with Gasteiger partial charge in [0.05, 0.1) is 6.10 Å². The molecule has 0 aliphatic carbocycles. The Morgan fingerprint density at radius 3 is 2.33 bits per heavy atom. The van der Waals surface area contributed by atoms with Crippen LogP contribution in [-0.4, -0.2) is 28.3 Å². The molecule has 0 spiro atoms. The largest absolute Gasteiger partial charge is 0.480 e. The van der Waals surface area contributed by atoms with Crippen LogP contribution < -0.4 is 5.73 Å². The van der Waals surface area contributed by atoms with Crippen LogP contribution in [0.2, 0.25) is 0 Å². The molecule has 2 atom stereocenters. The van der Waals surface area contributed by atoms with Crippen molar-refractivity contribution in [3.8, 4) is 0 Å². The maximum atomic E-state index is 10.00. The molecule has 54 valence electrons. The fourth-order valence-corrected chi connectivity index (χ4v) is 0.468. The fraction of sp³-hybridized carbons (Fsp3) is 0.800. The maximum Gasteiger partial charge on any atom is 0.320 e. The van der Waals surface area contributed by atoms with Gasteiger partial charge in [-0.1, -0.05) is 0 Å². The molecule has 0 aromatic carbocycles. The summed E-state index contributed by atoms with van der Waals surface area (Å²) in [6.45, 7) is 1.50. The molecule has 4 nitrogen and oxygen atoms in total. The van der Waals surface area contributed by atoms with Crippen molar-refractivity contribution in [2.75, 3.05) is 0 Å². The van der Waals surface area contributed by atoms with Crippen molar-refractivity contribution in [1.29, 1.82) is 0 Å². The SMILES string of the molecule is C[C@H](O)C[C@@H](N)C(=O)O. The zero-order chi connectivity index (χ0) is 7.44. The Kier molecular flexibility index (Phi) is 3.19. The van der Waals surface area contributed by atoms with Crippen molar-refractivity contribution in [1.82, 2.24) is 0 Å². The summed E-state index contributed by atoms with van der Waals surface area (Å²) in [5.74, 6) is -1.07. The first-order valence-electron chi connectivity index (χ1n) is 2.70. The molecule has 0 aromatic rings. The number of aliphatic hydroxyl groups excluding tert-OH is 1. The monoisotopic (exact) mass is 133 g/mol. The Morgan fingerprint density at radius 2 is 2.22 bits per heavy atom. The zero-order valence-electron chi connectivity index (χ0n) is 5.24. The highest BCUT2D eigenvalue weighted by atomic mass is 16.4. The Hall–Kier alpha value is -0.610. The van der Waals surface area contributed by atoms with E-state index >= 15 is 0 Å². The number of nitrogens with two attached hydrogens (primary N) is 1. The molecule has 0 unspecified atom stereocenters. The van der Waals surface area contributed by atoms with E-state index in [1.165, 1.54) is 6.92 Å². The van der Waals surface area contributed by atoms with Gasteiger partial charge >= 0.3 is 5.97 Å². The summed E-state index contributed by atoms with van der Waals surface area (Å²) in [7, 11) is 0. The highest BCUT2D eigenvalue weighted by molar-refractivity contribution is 5.73. The summed E-state index contributed by atoms with van der Waals surface area (Å²) in [4.78, 5) is 10.00. The van der Waals surface area contributed by atoms with Crippen LogP contribution in [0.4, 0.5) is 0 Å². The first-order chi connectivity index (χ1) is 4.04. The van der Waals surface area contributed by atoms with E-state index in [0.717, 1.165) is 0 Å². The molecule has 0 saturated heterocycles. The average Bonchev–Trinajstić information content (AvgIpc) is 1.63. The van der Waals surface area contributed by atoms with E-state index in [9.17, 15) is 4.79 Å². The number of aliphatic carboxylic acids is 1. The molecule has 0 bridgehead atoms. The average molecular weight is 133 g/mol. The van der Waals surface area contributed by atoms with Gasteiger partial charge in [-0.2, -0.15) is 0 Å². The van der Waals surface area contributed by atoms with E-state index in [0.29, 0.717) is 0 Å². The lowest BCUT2D eigenvalue weighted by atomic mass is 10.1. The number of carboxylic acids is 1. The minimum atomic E-state index is -1.07. The van der Waals surface area contributed by atoms with Crippen LogP contribution in [-0.2, 0) is 4.79 Å². The van der Waals surface area contributed by atoms with Gasteiger partial charge in [0.15, 0.2) is 0 Å². The Morgan fingerprint density at radius 1 is 1.78 bits per heavy atom. The summed E-state index contributed by atoms with van der Waals surface area (Å²) in [5, 5.41) is 16.8. The predicted molar refractivity (Wildman–Crippen MR) is 31.9 cm³/mol. The molecule has 0 fully saturated rings. The van der Waals surface area contributed by atoms with Gasteiger partial charge in [-0.3, -0.25) is 4.79 Å². The Bertz CT molecular complexity index is 102. The molecule has 0 amide bonds. The van der Waals surface area contributed by atoms with E-state index in [-0.39, 0.29) is 6.42 Å². The lowest BCUT2D eigenvalue weighted by Gasteiger charge is -2.06. The fourth-order valence-electron chi connectivity index (χ4n) is 0.468. The maximum absolute atomic E-state index is 10.00. The van der Waals surface area contributed by atoms with Crippen LogP contribution in [0.1, 0.15) is 13.3 Å². The smallest absolute Gasteiger partial charge is 0.320 e. The van der Waals surface area contributed by atoms with Crippen LogP contribution in [0, 0.1) is 0 Å². The predicted octanol–water partition coefficient (Wildman–Crippen LogP) is -0.831. The first-order valence-corrected chi connectivity index (χ1v) is 2.70. The van der Waals surface area contributed by atoms with Crippen LogP contribution in [0.3, 0.4) is 0 Å². The number of hydrogen-bond donors (Lipinski definition) is 3. The summed E-state index contributed by atoms with van der Waals surface area (Å²) < 4.78 is 0. The van der Waals surface area contributed by atoms with E-state index in [1.54, 1.807) is 0 Å². The van der Waals surface area contributed by atoms with Gasteiger partial charge in [-0.25, -0.2) is 0 Å². The number of aliphatic hydroxyl groups is 1. The second kappa shape index (κ2) is 3.42. The standard InChI is InChI=1S/C5H11NO3/c1-3(7)2-4(6)5(8)9/h3-4,7H,2,6H2,1H3,(H,8,9)/t3-,4+/m0/s1. The first kappa shape index (κ1) is 8.39. The molecule has 4 heteroatoms. The summed E-state index contributed by atoms with van der Waals surface area (Å²) in [6, 6.07) is -0.940. The second-order valence-electron chi connectivity index (χ2n) is 2.03. The normalized spacial score (nSPS) is 16.8. The lowest BCUT2D eigenvalue weighted by molar-refractivity contribution is -0.139. The third-order valence-electron chi connectivity index (χ3n) is 0.912. The third kappa shape index (κ3) is 3.93. The Balaban J connectivity index is 3.50. The molecular formula is C5H11NO3. The molecule has 0 aromatic heterocycles. The molecule has 0 rings (SSSR count). The van der Waals surface area contributed by atoms with Crippen molar-refractivity contribution in [2.45, 2.75) is 25.5 Å². The van der Waals surface area contributed by atoms with E-state index in [4.69, 9.17) is 15.9 Å². The molecule has 0 saturated carbocycles. The highest BCUT2D eigenvalue weighted by Gasteiger charge is 2.12. The van der Waals surface area contributed by atoms with Gasteiger partial charge < -0.3 is 15.9 Å². The summed E-state index contributed by atoms with van der Waals surface area (Å²) >= 11 is 0. The minimum absolute atomic E-state index is 0.106. The summed E-state index contributed by atoms with van der Waals surface area (Å²) in [6.07, 6.45) is -0.536. The van der Waals surface area contributed by atoms with Gasteiger partial charge in [0.25, 0.3) is 0 Å². The van der Waals surface area contributed by atoms with Crippen LogP contribution >= 0.6 is 0 Å². The van der Waals surface area contributed by atoms with Gasteiger partial charge in [0, 0.05) is 0 Å². The molecule has 0 heterocycles. The third-order valence-corrected chi connectivity index (χ3v) is 0.912. The van der Waals surface area contributed by atoms with Crippen LogP contribution in [0.15, 0.2) is 0 Å². The number of hydrogen-bond acceptors (Lipinski definition) is 3. The molecule has 0 aliphatic heterocycles. The minimum Gasteiger partial charge on any atom is -0.480 e. The number of carboxylic acid groups (broad SMARTS) is 1. The second-order valence-corrected chi connectivity index (χ2v) is 2.03. The lowest BCUT2D eigenvalue weighted by Crippen LogP contribution is -2.33. The van der Waals surface area contributed by atoms with Crippen LogP contribution in [0.25, 0.3) is 0 Å². The van der Waals surface area contributed by atoms with Crippen molar-refractivity contribution >= 4 is 5.97 Å². The van der Waals surface area contributed by atoms with Gasteiger partial charge in [0.2, 0.25) is 0 Å². The van der Waals surface area contributed by atoms with Crippen molar-refractivity contribution in [3.05, 3.63) is 0 Å². The van der Waals surface area contributed by atoms with Crippen molar-refractivity contribution in [2.24, 2.45) is 5.73 Å². The van der Waals surface area contributed by atoms with E-state index < -0.39 is 18.1 Å². The number of carbonyl (C=O) groups is 1. The Labute approximate surface area is 53.3 Å². The molecule has 0 aliphatic rings. The van der Waals surface area contributed by atoms with Gasteiger partial charge in [-0.15, -0.1) is 0 Å². The molecule has 4 N–H and O–H groups in total. The highest BCUT2D eigenvalue weighted by Crippen LogP contribution is 1.93. The van der Waals surface area contributed by atoms with Crippen molar-refractivity contribution < 1.29 is 15.0 Å². The molecular weight excluding hydrogens is 122 g/mol. The zero-order valence-corrected chi connectivity index (χ0v) is 5.24. The van der Waals surface area contributed by atoms with Gasteiger partial charge in [-0.05, 0) is 13.3 Å². The topological polar surface area (TPSA) is 83.5 Å². The molecule has 0 radical (unpaired) electrons. The summed E-state index contributed by atoms with van der Waals surface area (Å²) in [5.41, 5.74) is 5.06. The quantitative estimate of drug-likeness (QED) is 0.469.